The average Bonchev–Trinajstić information content (AvgIpc) is 3.35. The average molecular weight is 522 g/mol. The van der Waals surface area contributed by atoms with Crippen LogP contribution in [0.2, 0.25) is 0 Å². The van der Waals surface area contributed by atoms with Crippen LogP contribution in [0.1, 0.15) is 51.1 Å². The van der Waals surface area contributed by atoms with Gasteiger partial charge in [0.2, 0.25) is 0 Å². The molecule has 196 valence electrons. The van der Waals surface area contributed by atoms with Crippen LogP contribution in [-0.4, -0.2) is 44.4 Å². The van der Waals surface area contributed by atoms with Crippen LogP contribution in [0.5, 0.6) is 11.5 Å². The molecule has 0 spiro atoms. The molecule has 1 aliphatic carbocycles. The maximum atomic E-state index is 13.9. The number of ketones is 1. The first-order chi connectivity index (χ1) is 17.8. The highest BCUT2D eigenvalue weighted by molar-refractivity contribution is 7.80. The molecule has 0 bridgehead atoms. The van der Waals surface area contributed by atoms with Gasteiger partial charge < -0.3 is 29.7 Å². The van der Waals surface area contributed by atoms with Crippen LogP contribution in [-0.2, 0) is 9.53 Å². The summed E-state index contributed by atoms with van der Waals surface area (Å²) in [4.78, 5) is 16.0. The molecule has 0 aromatic heterocycles. The number of allylic oxidation sites excluding steroid dienone is 1. The van der Waals surface area contributed by atoms with Crippen molar-refractivity contribution in [3.05, 3.63) is 59.3 Å². The van der Waals surface area contributed by atoms with E-state index in [-0.39, 0.29) is 17.3 Å². The predicted octanol–water partition coefficient (Wildman–Crippen LogP) is 5.37. The third-order valence-corrected chi connectivity index (χ3v) is 7.69. The van der Waals surface area contributed by atoms with Crippen LogP contribution in [0.4, 0.5) is 11.4 Å². The largest absolute Gasteiger partial charge is 0.493 e. The lowest BCUT2D eigenvalue weighted by Crippen LogP contribution is -2.46. The van der Waals surface area contributed by atoms with Crippen molar-refractivity contribution in [3.8, 4) is 11.5 Å². The molecule has 1 fully saturated rings. The molecule has 8 heteroatoms. The summed E-state index contributed by atoms with van der Waals surface area (Å²) < 4.78 is 17.0. The lowest BCUT2D eigenvalue weighted by atomic mass is 9.73. The molecule has 37 heavy (non-hydrogen) atoms. The number of rotatable bonds is 5. The van der Waals surface area contributed by atoms with Crippen LogP contribution < -0.4 is 25.0 Å². The summed E-state index contributed by atoms with van der Waals surface area (Å²) in [7, 11) is 3.24. The fourth-order valence-electron chi connectivity index (χ4n) is 5.64. The minimum Gasteiger partial charge on any atom is -0.493 e. The van der Waals surface area contributed by atoms with Gasteiger partial charge in [0.25, 0.3) is 0 Å². The van der Waals surface area contributed by atoms with Crippen molar-refractivity contribution in [1.29, 1.82) is 0 Å². The standard InChI is InChI=1S/C29H35N3O4S/c1-29(2)15-21-26(23(33)16-29)27(18-11-12-24(34-3)25(14-18)35-4)32(22-10-6-5-9-20(22)31-21)28(37)30-17-19-8-7-13-36-19/h5-6,9-12,14,19,27,31H,7-8,13,15-17H2,1-4H3,(H,30,37)/t19-,27+/m1/s1. The highest BCUT2D eigenvalue weighted by Crippen LogP contribution is 2.49. The molecule has 7 nitrogen and oxygen atoms in total. The third-order valence-electron chi connectivity index (χ3n) is 7.35. The van der Waals surface area contributed by atoms with Gasteiger partial charge in [-0.1, -0.05) is 32.0 Å². The fourth-order valence-corrected chi connectivity index (χ4v) is 5.93. The van der Waals surface area contributed by atoms with E-state index in [2.05, 4.69) is 29.4 Å². The Morgan fingerprint density at radius 1 is 1.16 bits per heavy atom. The molecule has 2 aliphatic heterocycles. The van der Waals surface area contributed by atoms with E-state index in [1.165, 1.54) is 0 Å². The second-order valence-electron chi connectivity index (χ2n) is 10.7. The molecule has 2 aromatic rings. The van der Waals surface area contributed by atoms with E-state index in [0.29, 0.717) is 29.6 Å². The summed E-state index contributed by atoms with van der Waals surface area (Å²) in [6.07, 6.45) is 3.43. The number of carbonyl (C=O) groups excluding carboxylic acids is 1. The Kier molecular flexibility index (Phi) is 7.14. The summed E-state index contributed by atoms with van der Waals surface area (Å²) >= 11 is 6.05. The molecule has 2 aromatic carbocycles. The normalized spacial score (nSPS) is 22.5. The summed E-state index contributed by atoms with van der Waals surface area (Å²) in [5.74, 6) is 1.36. The molecule has 2 heterocycles. The number of nitrogens with zero attached hydrogens (tertiary/aromatic N) is 1. The number of benzene rings is 2. The number of Topliss-reactive ketones (excluding diaryl/α,β-unsaturated/α-hetero) is 1. The van der Waals surface area contributed by atoms with E-state index in [9.17, 15) is 4.79 Å². The van der Waals surface area contributed by atoms with Crippen LogP contribution >= 0.6 is 12.2 Å². The number of nitrogens with one attached hydrogen (secondary N) is 2. The zero-order valence-corrected chi connectivity index (χ0v) is 22.7. The topological polar surface area (TPSA) is 72.1 Å². The van der Waals surface area contributed by atoms with Crippen molar-refractivity contribution in [2.45, 2.75) is 51.7 Å². The fraction of sp³-hybridized carbons (Fsp3) is 0.448. The van der Waals surface area contributed by atoms with Crippen LogP contribution in [0.25, 0.3) is 0 Å². The molecule has 1 saturated heterocycles. The van der Waals surface area contributed by atoms with Crippen molar-refractivity contribution in [2.24, 2.45) is 5.41 Å². The van der Waals surface area contributed by atoms with Crippen molar-refractivity contribution in [2.75, 3.05) is 37.6 Å². The monoisotopic (exact) mass is 521 g/mol. The number of para-hydroxylation sites is 2. The van der Waals surface area contributed by atoms with Crippen molar-refractivity contribution in [1.82, 2.24) is 5.32 Å². The second-order valence-corrected chi connectivity index (χ2v) is 11.1. The van der Waals surface area contributed by atoms with Gasteiger partial charge in [0.05, 0.1) is 37.7 Å². The van der Waals surface area contributed by atoms with Crippen molar-refractivity contribution < 1.29 is 19.0 Å². The Morgan fingerprint density at radius 3 is 2.68 bits per heavy atom. The lowest BCUT2D eigenvalue weighted by molar-refractivity contribution is -0.118. The van der Waals surface area contributed by atoms with Gasteiger partial charge in [0, 0.05) is 30.8 Å². The first kappa shape index (κ1) is 25.5. The number of fused-ring (bicyclic) bond motifs is 1. The molecular formula is C29H35N3O4S. The van der Waals surface area contributed by atoms with Crippen LogP contribution in [0.15, 0.2) is 53.7 Å². The molecule has 2 N–H and O–H groups in total. The number of thiocarbonyl (C=S) groups is 1. The van der Waals surface area contributed by atoms with E-state index in [4.69, 9.17) is 26.4 Å². The summed E-state index contributed by atoms with van der Waals surface area (Å²) in [5, 5.41) is 7.64. The summed E-state index contributed by atoms with van der Waals surface area (Å²) in [6, 6.07) is 13.5. The Labute approximate surface area is 224 Å². The van der Waals surface area contributed by atoms with Crippen LogP contribution in [0, 0.1) is 5.41 Å². The zero-order chi connectivity index (χ0) is 26.2. The SMILES string of the molecule is COc1ccc([C@H]2C3=C(CC(C)(C)CC3=O)Nc3ccccc3N2C(=S)NC[C@H]2CCCO2)cc1OC. The van der Waals surface area contributed by atoms with Crippen molar-refractivity contribution >= 4 is 34.5 Å². The third kappa shape index (κ3) is 5.05. The Hall–Kier alpha value is -3.10. The van der Waals surface area contributed by atoms with Crippen LogP contribution in [0.3, 0.4) is 0 Å². The van der Waals surface area contributed by atoms with Gasteiger partial charge in [-0.2, -0.15) is 0 Å². The van der Waals surface area contributed by atoms with Crippen molar-refractivity contribution in [3.63, 3.8) is 0 Å². The Bertz CT molecular complexity index is 1240. The van der Waals surface area contributed by atoms with E-state index in [1.807, 2.05) is 42.5 Å². The first-order valence-electron chi connectivity index (χ1n) is 12.8. The number of ether oxygens (including phenoxy) is 3. The number of anilines is 2. The lowest BCUT2D eigenvalue weighted by Gasteiger charge is -2.38. The minimum atomic E-state index is -0.445. The highest BCUT2D eigenvalue weighted by atomic mass is 32.1. The van der Waals surface area contributed by atoms with Gasteiger partial charge in [0.15, 0.2) is 22.4 Å². The summed E-state index contributed by atoms with van der Waals surface area (Å²) in [5.41, 5.74) is 4.27. The van der Waals surface area contributed by atoms with E-state index < -0.39 is 6.04 Å². The van der Waals surface area contributed by atoms with Gasteiger partial charge in [-0.3, -0.25) is 4.79 Å². The molecular weight excluding hydrogens is 486 g/mol. The second kappa shape index (κ2) is 10.3. The van der Waals surface area contributed by atoms with Gasteiger partial charge in [-0.05, 0) is 66.7 Å². The number of methoxy groups -OCH3 is 2. The van der Waals surface area contributed by atoms with Gasteiger partial charge in [-0.15, -0.1) is 0 Å². The molecule has 0 amide bonds. The first-order valence-corrected chi connectivity index (χ1v) is 13.2. The predicted molar refractivity (Wildman–Crippen MR) is 149 cm³/mol. The van der Waals surface area contributed by atoms with Gasteiger partial charge >= 0.3 is 0 Å². The van der Waals surface area contributed by atoms with Gasteiger partial charge in [0.1, 0.15) is 0 Å². The highest BCUT2D eigenvalue weighted by Gasteiger charge is 2.42. The quantitative estimate of drug-likeness (QED) is 0.509. The molecule has 0 unspecified atom stereocenters. The minimum absolute atomic E-state index is 0.123. The molecule has 3 aliphatic rings. The van der Waals surface area contributed by atoms with E-state index in [1.54, 1.807) is 14.2 Å². The zero-order valence-electron chi connectivity index (χ0n) is 21.9. The van der Waals surface area contributed by atoms with E-state index >= 15 is 0 Å². The molecule has 0 radical (unpaired) electrons. The number of hydrogen-bond acceptors (Lipinski definition) is 6. The number of hydrogen-bond donors (Lipinski definition) is 2. The molecule has 2 atom stereocenters. The molecule has 0 saturated carbocycles. The maximum Gasteiger partial charge on any atom is 0.174 e. The smallest absolute Gasteiger partial charge is 0.174 e. The van der Waals surface area contributed by atoms with Gasteiger partial charge in [-0.25, -0.2) is 0 Å². The Balaban J connectivity index is 1.67. The maximum absolute atomic E-state index is 13.9. The number of carbonyl (C=O) groups is 1. The van der Waals surface area contributed by atoms with E-state index in [0.717, 1.165) is 54.1 Å². The summed E-state index contributed by atoms with van der Waals surface area (Å²) in [6.45, 7) is 5.69. The molecule has 5 rings (SSSR count). The Morgan fingerprint density at radius 2 is 1.95 bits per heavy atom.